The molecule has 2 heterocycles. The first-order valence-corrected chi connectivity index (χ1v) is 6.73. The van der Waals surface area contributed by atoms with Crippen LogP contribution < -0.4 is 5.32 Å². The van der Waals surface area contributed by atoms with E-state index in [0.29, 0.717) is 6.54 Å². The summed E-state index contributed by atoms with van der Waals surface area (Å²) < 4.78 is 5.58. The van der Waals surface area contributed by atoms with Crippen molar-refractivity contribution in [3.8, 4) is 0 Å². The van der Waals surface area contributed by atoms with Gasteiger partial charge >= 0.3 is 0 Å². The zero-order valence-electron chi connectivity index (χ0n) is 11.3. The fourth-order valence-corrected chi connectivity index (χ4v) is 2.76. The van der Waals surface area contributed by atoms with Crippen LogP contribution in [-0.2, 0) is 14.3 Å². The normalized spacial score (nSPS) is 33.1. The number of carbonyl (C=O) groups excluding carboxylic acids is 2. The molecule has 0 bridgehead atoms. The minimum atomic E-state index is -0.422. The smallest absolute Gasteiger partial charge is 0.245 e. The number of hydrogen-bond acceptors (Lipinski definition) is 3. The molecule has 2 aliphatic rings. The number of carbonyl (C=O) groups is 2. The van der Waals surface area contributed by atoms with Crippen LogP contribution in [0.5, 0.6) is 0 Å². The summed E-state index contributed by atoms with van der Waals surface area (Å²) in [4.78, 5) is 26.0. The Morgan fingerprint density at radius 3 is 2.72 bits per heavy atom. The molecule has 3 atom stereocenters. The fourth-order valence-electron chi connectivity index (χ4n) is 2.76. The van der Waals surface area contributed by atoms with E-state index in [0.717, 1.165) is 19.4 Å². The van der Waals surface area contributed by atoms with Gasteiger partial charge in [0.1, 0.15) is 12.1 Å². The van der Waals surface area contributed by atoms with E-state index in [9.17, 15) is 9.59 Å². The van der Waals surface area contributed by atoms with Gasteiger partial charge in [0.05, 0.1) is 6.10 Å². The van der Waals surface area contributed by atoms with Crippen LogP contribution in [0.2, 0.25) is 0 Å². The van der Waals surface area contributed by atoms with Crippen molar-refractivity contribution in [3.05, 3.63) is 0 Å². The third kappa shape index (κ3) is 2.51. The maximum Gasteiger partial charge on any atom is 0.245 e. The standard InChI is InChI=1S/C13H22N2O3/c1-8(2)11-12(16)14-9(3)13(17)15(11)7-10-5-4-6-18-10/h8-11H,4-7H2,1-3H3,(H,14,16). The van der Waals surface area contributed by atoms with Gasteiger partial charge in [0.25, 0.3) is 0 Å². The molecule has 0 aliphatic carbocycles. The van der Waals surface area contributed by atoms with Crippen LogP contribution in [0.3, 0.4) is 0 Å². The summed E-state index contributed by atoms with van der Waals surface area (Å²) in [6.07, 6.45) is 2.11. The third-order valence-corrected chi connectivity index (χ3v) is 3.67. The molecule has 0 radical (unpaired) electrons. The minimum Gasteiger partial charge on any atom is -0.376 e. The van der Waals surface area contributed by atoms with Crippen LogP contribution >= 0.6 is 0 Å². The first-order valence-electron chi connectivity index (χ1n) is 6.73. The highest BCUT2D eigenvalue weighted by molar-refractivity contribution is 5.96. The number of nitrogens with zero attached hydrogens (tertiary/aromatic N) is 1. The van der Waals surface area contributed by atoms with Gasteiger partial charge in [-0.3, -0.25) is 9.59 Å². The van der Waals surface area contributed by atoms with E-state index in [1.54, 1.807) is 11.8 Å². The van der Waals surface area contributed by atoms with E-state index in [2.05, 4.69) is 5.32 Å². The van der Waals surface area contributed by atoms with E-state index in [4.69, 9.17) is 4.74 Å². The second-order valence-corrected chi connectivity index (χ2v) is 5.54. The van der Waals surface area contributed by atoms with Crippen LogP contribution in [0.25, 0.3) is 0 Å². The molecular formula is C13H22N2O3. The molecule has 0 aromatic rings. The second kappa shape index (κ2) is 5.26. The Hall–Kier alpha value is -1.10. The van der Waals surface area contributed by atoms with Crippen molar-refractivity contribution in [3.63, 3.8) is 0 Å². The maximum absolute atomic E-state index is 12.2. The van der Waals surface area contributed by atoms with E-state index in [1.165, 1.54) is 0 Å². The van der Waals surface area contributed by atoms with Gasteiger partial charge in [-0.1, -0.05) is 13.8 Å². The molecule has 2 aliphatic heterocycles. The molecule has 102 valence electrons. The van der Waals surface area contributed by atoms with E-state index in [1.807, 2.05) is 13.8 Å². The van der Waals surface area contributed by atoms with E-state index in [-0.39, 0.29) is 29.9 Å². The Kier molecular flexibility index (Phi) is 3.90. The molecule has 1 N–H and O–H groups in total. The molecule has 0 aromatic carbocycles. The summed E-state index contributed by atoms with van der Waals surface area (Å²) in [5.74, 6) is 0.0711. The molecule has 18 heavy (non-hydrogen) atoms. The van der Waals surface area contributed by atoms with Crippen molar-refractivity contribution in [2.75, 3.05) is 13.2 Å². The molecule has 5 nitrogen and oxygen atoms in total. The lowest BCUT2D eigenvalue weighted by Gasteiger charge is -2.40. The summed E-state index contributed by atoms with van der Waals surface area (Å²) in [7, 11) is 0. The molecule has 0 spiro atoms. The average molecular weight is 254 g/mol. The topological polar surface area (TPSA) is 58.6 Å². The van der Waals surface area contributed by atoms with E-state index < -0.39 is 6.04 Å². The molecule has 0 saturated carbocycles. The molecule has 2 fully saturated rings. The Morgan fingerprint density at radius 1 is 1.44 bits per heavy atom. The van der Waals surface area contributed by atoms with Crippen molar-refractivity contribution >= 4 is 11.8 Å². The van der Waals surface area contributed by atoms with Gasteiger partial charge in [0.2, 0.25) is 11.8 Å². The number of amides is 2. The van der Waals surface area contributed by atoms with Crippen molar-refractivity contribution in [1.29, 1.82) is 0 Å². The summed E-state index contributed by atoms with van der Waals surface area (Å²) in [6.45, 7) is 6.98. The van der Waals surface area contributed by atoms with Gasteiger partial charge in [-0.2, -0.15) is 0 Å². The van der Waals surface area contributed by atoms with Crippen molar-refractivity contribution in [1.82, 2.24) is 10.2 Å². The molecule has 2 saturated heterocycles. The highest BCUT2D eigenvalue weighted by atomic mass is 16.5. The van der Waals surface area contributed by atoms with Crippen LogP contribution in [0.1, 0.15) is 33.6 Å². The van der Waals surface area contributed by atoms with Gasteiger partial charge in [-0.25, -0.2) is 0 Å². The quantitative estimate of drug-likeness (QED) is 0.799. The summed E-state index contributed by atoms with van der Waals surface area (Å²) >= 11 is 0. The Bertz CT molecular complexity index is 337. The van der Waals surface area contributed by atoms with Crippen molar-refractivity contribution in [2.24, 2.45) is 5.92 Å². The molecule has 2 amide bonds. The largest absolute Gasteiger partial charge is 0.376 e. The van der Waals surface area contributed by atoms with E-state index >= 15 is 0 Å². The minimum absolute atomic E-state index is 0.00352. The monoisotopic (exact) mass is 254 g/mol. The number of nitrogens with one attached hydrogen (secondary N) is 1. The van der Waals surface area contributed by atoms with Gasteiger partial charge < -0.3 is 15.0 Å². The Balaban J connectivity index is 2.13. The predicted molar refractivity (Wildman–Crippen MR) is 66.9 cm³/mol. The zero-order chi connectivity index (χ0) is 13.3. The number of hydrogen-bond donors (Lipinski definition) is 1. The predicted octanol–water partition coefficient (Wildman–Crippen LogP) is 0.537. The van der Waals surface area contributed by atoms with Crippen molar-refractivity contribution in [2.45, 2.75) is 51.8 Å². The third-order valence-electron chi connectivity index (χ3n) is 3.67. The Labute approximate surface area is 108 Å². The number of ether oxygens (including phenoxy) is 1. The molecule has 3 unspecified atom stereocenters. The second-order valence-electron chi connectivity index (χ2n) is 5.54. The lowest BCUT2D eigenvalue weighted by atomic mass is 9.97. The lowest BCUT2D eigenvalue weighted by Crippen LogP contribution is -2.65. The summed E-state index contributed by atoms with van der Waals surface area (Å²) in [5.41, 5.74) is 0. The molecule has 5 heteroatoms. The van der Waals surface area contributed by atoms with Gasteiger partial charge in [-0.15, -0.1) is 0 Å². The number of piperazine rings is 1. The van der Waals surface area contributed by atoms with Gasteiger partial charge in [-0.05, 0) is 25.7 Å². The molecule has 2 rings (SSSR count). The van der Waals surface area contributed by atoms with Gasteiger partial charge in [0.15, 0.2) is 0 Å². The van der Waals surface area contributed by atoms with Crippen LogP contribution in [0, 0.1) is 5.92 Å². The van der Waals surface area contributed by atoms with Gasteiger partial charge in [0, 0.05) is 13.2 Å². The summed E-state index contributed by atoms with van der Waals surface area (Å²) in [6, 6.07) is -0.785. The number of rotatable bonds is 3. The Morgan fingerprint density at radius 2 is 2.17 bits per heavy atom. The highest BCUT2D eigenvalue weighted by Gasteiger charge is 2.41. The maximum atomic E-state index is 12.2. The molecular weight excluding hydrogens is 232 g/mol. The lowest BCUT2D eigenvalue weighted by molar-refractivity contribution is -0.152. The summed E-state index contributed by atoms with van der Waals surface area (Å²) in [5, 5.41) is 2.74. The SMILES string of the molecule is CC1NC(=O)C(C(C)C)N(CC2CCCO2)C1=O. The first-order chi connectivity index (χ1) is 8.50. The first kappa shape index (κ1) is 13.3. The highest BCUT2D eigenvalue weighted by Crippen LogP contribution is 2.21. The zero-order valence-corrected chi connectivity index (χ0v) is 11.3. The van der Waals surface area contributed by atoms with Crippen LogP contribution in [0.15, 0.2) is 0 Å². The average Bonchev–Trinajstić information content (AvgIpc) is 2.77. The van der Waals surface area contributed by atoms with Crippen molar-refractivity contribution < 1.29 is 14.3 Å². The molecule has 0 aromatic heterocycles. The fraction of sp³-hybridized carbons (Fsp3) is 0.846. The van der Waals surface area contributed by atoms with Crippen LogP contribution in [-0.4, -0.2) is 48.1 Å². The van der Waals surface area contributed by atoms with Crippen LogP contribution in [0.4, 0.5) is 0 Å².